The summed E-state index contributed by atoms with van der Waals surface area (Å²) in [4.78, 5) is 55.8. The van der Waals surface area contributed by atoms with Gasteiger partial charge in [0.1, 0.15) is 18.5 Å². The van der Waals surface area contributed by atoms with Crippen LogP contribution in [0.2, 0.25) is 0 Å². The summed E-state index contributed by atoms with van der Waals surface area (Å²) in [7, 11) is 0. The van der Waals surface area contributed by atoms with E-state index in [1.54, 1.807) is 40.7 Å². The number of ether oxygens (including phenoxy) is 3. The Morgan fingerprint density at radius 3 is 2.55 bits per heavy atom. The zero-order valence-corrected chi connectivity index (χ0v) is 28.6. The molecule has 0 spiro atoms. The van der Waals surface area contributed by atoms with Gasteiger partial charge in [0.05, 0.1) is 27.9 Å². The average molecular weight is 672 g/mol. The van der Waals surface area contributed by atoms with E-state index in [-0.39, 0.29) is 31.7 Å². The first kappa shape index (κ1) is 35.9. The zero-order chi connectivity index (χ0) is 34.7. The summed E-state index contributed by atoms with van der Waals surface area (Å²) in [5.41, 5.74) is -5.57. The molecule has 0 unspecified atom stereocenters. The molecule has 2 fully saturated rings. The molecule has 4 rings (SSSR count). The molecule has 0 saturated carbocycles. The Hall–Kier alpha value is -3.96. The van der Waals surface area contributed by atoms with E-state index in [4.69, 9.17) is 14.2 Å². The maximum Gasteiger partial charge on any atom is 0.408 e. The maximum absolute atomic E-state index is 16.0. The van der Waals surface area contributed by atoms with E-state index in [9.17, 15) is 19.2 Å². The fourth-order valence-electron chi connectivity index (χ4n) is 6.56. The number of cyclic esters (lactones) is 1. The number of carbonyl (C=O) groups is 4. The molecule has 2 saturated heterocycles. The molecule has 0 radical (unpaired) electrons. The Kier molecular flexibility index (Phi) is 10.7. The van der Waals surface area contributed by atoms with Crippen molar-refractivity contribution in [1.82, 2.24) is 25.5 Å². The van der Waals surface area contributed by atoms with Crippen molar-refractivity contribution in [2.24, 2.45) is 17.8 Å². The monoisotopic (exact) mass is 671 g/mol. The summed E-state index contributed by atoms with van der Waals surface area (Å²) in [6.45, 7) is 14.9. The van der Waals surface area contributed by atoms with Crippen LogP contribution in [-0.2, 0) is 35.1 Å². The normalized spacial score (nSPS) is 33.5. The van der Waals surface area contributed by atoms with Gasteiger partial charge < -0.3 is 19.5 Å². The highest BCUT2D eigenvalue weighted by Gasteiger charge is 2.57. The minimum Gasteiger partial charge on any atom is -0.455 e. The number of aromatic nitrogens is 4. The van der Waals surface area contributed by atoms with E-state index in [2.05, 4.69) is 39.1 Å². The van der Waals surface area contributed by atoms with Crippen molar-refractivity contribution in [3.05, 3.63) is 29.7 Å². The number of carbonyl (C=O) groups excluding carboxylic acids is 4. The Labute approximate surface area is 277 Å². The van der Waals surface area contributed by atoms with E-state index in [0.29, 0.717) is 12.4 Å². The van der Waals surface area contributed by atoms with Crippen molar-refractivity contribution in [2.45, 2.75) is 103 Å². The molecular formula is C33H42FN5O7S. The van der Waals surface area contributed by atoms with E-state index in [1.807, 2.05) is 12.1 Å². The number of nitrogens with one attached hydrogen (secondary N) is 1. The molecule has 12 nitrogen and oxygen atoms in total. The lowest BCUT2D eigenvalue weighted by molar-refractivity contribution is -0.180. The number of alkyl halides is 1. The number of amides is 1. The molecule has 2 aliphatic rings. The molecule has 1 amide bonds. The quantitative estimate of drug-likeness (QED) is 0.202. The highest BCUT2D eigenvalue weighted by molar-refractivity contribution is 7.15. The number of alkyl carbamates (subject to hydrolysis) is 1. The number of tetrazole rings is 1. The number of hydrogen-bond acceptors (Lipinski definition) is 11. The van der Waals surface area contributed by atoms with Crippen molar-refractivity contribution in [3.63, 3.8) is 0 Å². The van der Waals surface area contributed by atoms with Crippen LogP contribution < -0.4 is 5.32 Å². The number of ketones is 2. The first-order valence-electron chi connectivity index (χ1n) is 15.6. The Balaban J connectivity index is 1.58. The predicted molar refractivity (Wildman–Crippen MR) is 171 cm³/mol. The van der Waals surface area contributed by atoms with Crippen molar-refractivity contribution in [3.8, 4) is 22.5 Å². The van der Waals surface area contributed by atoms with Crippen LogP contribution in [0.1, 0.15) is 72.6 Å². The molecule has 1 N–H and O–H groups in total. The topological polar surface area (TPSA) is 152 Å². The van der Waals surface area contributed by atoms with E-state index < -0.39 is 64.6 Å². The lowest BCUT2D eigenvalue weighted by Crippen LogP contribution is -2.58. The van der Waals surface area contributed by atoms with Gasteiger partial charge in [-0.05, 0) is 57.4 Å². The lowest BCUT2D eigenvalue weighted by Gasteiger charge is -2.40. The number of hydrogen-bond donors (Lipinski definition) is 1. The second kappa shape index (κ2) is 14.0. The van der Waals surface area contributed by atoms with Gasteiger partial charge >= 0.3 is 12.1 Å². The third-order valence-electron chi connectivity index (χ3n) is 8.94. The van der Waals surface area contributed by atoms with Crippen LogP contribution in [0, 0.1) is 29.6 Å². The molecule has 0 aromatic carbocycles. The van der Waals surface area contributed by atoms with E-state index in [0.717, 1.165) is 16.7 Å². The Morgan fingerprint density at radius 2 is 1.87 bits per heavy atom. The van der Waals surface area contributed by atoms with Crippen LogP contribution in [0.3, 0.4) is 0 Å². The third kappa shape index (κ3) is 7.62. The third-order valence-corrected chi connectivity index (χ3v) is 9.94. The largest absolute Gasteiger partial charge is 0.455 e. The molecule has 2 aromatic rings. The second-order valence-electron chi connectivity index (χ2n) is 12.9. The van der Waals surface area contributed by atoms with Crippen molar-refractivity contribution in [1.29, 1.82) is 0 Å². The summed E-state index contributed by atoms with van der Waals surface area (Å²) >= 11 is 1.38. The van der Waals surface area contributed by atoms with E-state index >= 15 is 4.39 Å². The maximum atomic E-state index is 16.0. The number of rotatable bonds is 6. The standard InChI is InChI=1S/C33H42FN5O7S/c1-9-15-39-37-28(36-38-39)23-14-13-22(47-23)12-11-16-44-31(6)17-19(3)25(40)21(5)26-33(8,46-30(43)35-26)24(10-2)45-29(42)32(7,34)27(41)20(4)18-31/h9,13-14,19-21,24,26H,1,10,15-18H2,2-8H3,(H,35,43)/t19-,20-,21+,24-,26-,31-,32+,33-/m1/s1. The molecule has 2 aromatic heterocycles. The van der Waals surface area contributed by atoms with Gasteiger partial charge in [-0.25, -0.2) is 14.0 Å². The van der Waals surface area contributed by atoms with Gasteiger partial charge in [-0.2, -0.15) is 4.80 Å². The molecule has 47 heavy (non-hydrogen) atoms. The van der Waals surface area contributed by atoms with Crippen LogP contribution in [-0.4, -0.2) is 79.5 Å². The number of nitrogens with zero attached hydrogens (tertiary/aromatic N) is 4. The van der Waals surface area contributed by atoms with Crippen molar-refractivity contribution < 1.29 is 37.8 Å². The lowest BCUT2D eigenvalue weighted by atomic mass is 9.74. The summed E-state index contributed by atoms with van der Waals surface area (Å²) < 4.78 is 33.3. The minimum atomic E-state index is -2.98. The molecular weight excluding hydrogens is 629 g/mol. The smallest absolute Gasteiger partial charge is 0.408 e. The van der Waals surface area contributed by atoms with Gasteiger partial charge in [-0.15, -0.1) is 28.1 Å². The first-order chi connectivity index (χ1) is 22.0. The number of fused-ring (bicyclic) bond motifs is 1. The van der Waals surface area contributed by atoms with Crippen molar-refractivity contribution >= 4 is 35.0 Å². The highest BCUT2D eigenvalue weighted by Crippen LogP contribution is 2.39. The molecule has 0 aliphatic carbocycles. The first-order valence-corrected chi connectivity index (χ1v) is 16.5. The molecule has 4 heterocycles. The number of Topliss-reactive ketones (excluding diaryl/α,β-unsaturated/α-hetero) is 2. The number of halogens is 1. The van der Waals surface area contributed by atoms with Gasteiger partial charge in [-0.1, -0.05) is 45.6 Å². The van der Waals surface area contributed by atoms with Crippen LogP contribution in [0.5, 0.6) is 0 Å². The number of allylic oxidation sites excluding steroid dienone is 1. The minimum absolute atomic E-state index is 0.0136. The SMILES string of the molecule is C=CCn1nnc(-c2ccc(C#CCO[C@]3(C)C[C@@H](C)C(=O)[C@H](C)[C@H]4NC(=O)O[C@]4(C)[C@@H](CC)OC(=O)[C@@](C)(F)C(=O)[C@H](C)C3)s2)n1. The van der Waals surface area contributed by atoms with E-state index in [1.165, 1.54) is 23.1 Å². The molecule has 2 aliphatic heterocycles. The van der Waals surface area contributed by atoms with Gasteiger partial charge in [0.25, 0.3) is 5.67 Å². The predicted octanol–water partition coefficient (Wildman–Crippen LogP) is 4.47. The Morgan fingerprint density at radius 1 is 1.17 bits per heavy atom. The van der Waals surface area contributed by atoms with Crippen LogP contribution in [0.15, 0.2) is 24.8 Å². The van der Waals surface area contributed by atoms with Crippen LogP contribution in [0.4, 0.5) is 9.18 Å². The summed E-state index contributed by atoms with van der Waals surface area (Å²) in [5, 5.41) is 15.0. The van der Waals surface area contributed by atoms with Crippen LogP contribution in [0.25, 0.3) is 10.7 Å². The van der Waals surface area contributed by atoms with Crippen molar-refractivity contribution in [2.75, 3.05) is 6.61 Å². The summed E-state index contributed by atoms with van der Waals surface area (Å²) in [5.74, 6) is 1.66. The number of esters is 1. The molecule has 254 valence electrons. The van der Waals surface area contributed by atoms with Crippen LogP contribution >= 0.6 is 11.3 Å². The number of thiophene rings is 1. The van der Waals surface area contributed by atoms with Gasteiger partial charge in [0, 0.05) is 17.8 Å². The van der Waals surface area contributed by atoms with Gasteiger partial charge in [-0.3, -0.25) is 9.59 Å². The molecule has 8 atom stereocenters. The highest BCUT2D eigenvalue weighted by atomic mass is 32.1. The summed E-state index contributed by atoms with van der Waals surface area (Å²) in [6.07, 6.45) is 0.114. The second-order valence-corrected chi connectivity index (χ2v) is 14.0. The molecule has 0 bridgehead atoms. The molecule has 14 heteroatoms. The average Bonchev–Trinajstić information content (AvgIpc) is 3.75. The van der Waals surface area contributed by atoms with Gasteiger partial charge in [0.15, 0.2) is 11.4 Å². The Bertz CT molecular complexity index is 1590. The summed E-state index contributed by atoms with van der Waals surface area (Å²) in [6, 6.07) is 2.80. The van der Waals surface area contributed by atoms with Gasteiger partial charge in [0.2, 0.25) is 5.82 Å². The fourth-order valence-corrected chi connectivity index (χ4v) is 7.36. The fraction of sp³-hybridized carbons (Fsp3) is 0.606. The zero-order valence-electron chi connectivity index (χ0n) is 27.8.